The minimum Gasteiger partial charge on any atom is -0.463 e. The summed E-state index contributed by atoms with van der Waals surface area (Å²) < 4.78 is 4.82. The Morgan fingerprint density at radius 1 is 1.53 bits per heavy atom. The Labute approximate surface area is 97.0 Å². The second-order valence-electron chi connectivity index (χ2n) is 3.51. The summed E-state index contributed by atoms with van der Waals surface area (Å²) in [6.45, 7) is 0. The number of allylic oxidation sites excluding steroid dienone is 1. The minimum atomic E-state index is -0.758. The van der Waals surface area contributed by atoms with Gasteiger partial charge in [-0.3, -0.25) is 4.79 Å². The second-order valence-corrected chi connectivity index (χ2v) is 6.56. The average Bonchev–Trinajstić information content (AvgIpc) is 2.93. The quantitative estimate of drug-likeness (QED) is 0.559. The fourth-order valence-corrected chi connectivity index (χ4v) is 4.19. The molecule has 1 fully saturated rings. The number of thioether (sulfide) groups is 2. The zero-order valence-corrected chi connectivity index (χ0v) is 10.0. The Kier molecular flexibility index (Phi) is 3.41. The van der Waals surface area contributed by atoms with Crippen molar-refractivity contribution in [1.82, 2.24) is 0 Å². The third-order valence-electron chi connectivity index (χ3n) is 2.22. The zero-order chi connectivity index (χ0) is 10.8. The topological polar surface area (TPSA) is 43.4 Å². The molecule has 1 saturated carbocycles. The van der Waals surface area contributed by atoms with Gasteiger partial charge in [0, 0.05) is 5.25 Å². The van der Waals surface area contributed by atoms with Gasteiger partial charge in [0.2, 0.25) is 0 Å². The summed E-state index contributed by atoms with van der Waals surface area (Å²) in [5.74, 6) is -1.26. The van der Waals surface area contributed by atoms with E-state index in [4.69, 9.17) is 0 Å². The second kappa shape index (κ2) is 4.61. The lowest BCUT2D eigenvalue weighted by atomic mass is 10.3. The standard InChI is InChI=1S/C10H12O3S2/c1-13-10(12)9(11)7-4-5-8(15-7)14-6-2-3-6/h4,6,8H,2-3,5H2,1H3. The third kappa shape index (κ3) is 2.78. The van der Waals surface area contributed by atoms with Crippen molar-refractivity contribution in [1.29, 1.82) is 0 Å². The first-order valence-corrected chi connectivity index (χ1v) is 6.68. The van der Waals surface area contributed by atoms with Crippen molar-refractivity contribution in [2.24, 2.45) is 0 Å². The molecule has 1 unspecified atom stereocenters. The van der Waals surface area contributed by atoms with Gasteiger partial charge in [0.1, 0.15) is 0 Å². The number of rotatable bonds is 4. The number of carbonyl (C=O) groups excluding carboxylic acids is 2. The van der Waals surface area contributed by atoms with E-state index >= 15 is 0 Å². The van der Waals surface area contributed by atoms with Crippen LogP contribution in [-0.4, -0.2) is 28.7 Å². The molecule has 0 aromatic heterocycles. The van der Waals surface area contributed by atoms with Gasteiger partial charge < -0.3 is 4.74 Å². The highest BCUT2D eigenvalue weighted by Gasteiger charge is 2.32. The lowest BCUT2D eigenvalue weighted by Crippen LogP contribution is -2.15. The van der Waals surface area contributed by atoms with E-state index in [1.165, 1.54) is 31.7 Å². The molecule has 2 rings (SSSR count). The highest BCUT2D eigenvalue weighted by atomic mass is 32.2. The molecule has 5 heteroatoms. The van der Waals surface area contributed by atoms with Crippen LogP contribution < -0.4 is 0 Å². The number of methoxy groups -OCH3 is 1. The van der Waals surface area contributed by atoms with E-state index in [-0.39, 0.29) is 0 Å². The number of ketones is 1. The molecule has 0 saturated heterocycles. The van der Waals surface area contributed by atoms with E-state index in [1.807, 2.05) is 17.8 Å². The average molecular weight is 244 g/mol. The molecule has 0 amide bonds. The normalized spacial score (nSPS) is 24.9. The molecule has 0 radical (unpaired) electrons. The molecule has 1 aliphatic carbocycles. The number of hydrogen-bond acceptors (Lipinski definition) is 5. The fourth-order valence-electron chi connectivity index (χ4n) is 1.28. The molecule has 0 spiro atoms. The van der Waals surface area contributed by atoms with Gasteiger partial charge in [0.05, 0.1) is 16.6 Å². The molecule has 15 heavy (non-hydrogen) atoms. The molecule has 0 aromatic rings. The summed E-state index contributed by atoms with van der Waals surface area (Å²) >= 11 is 3.42. The molecule has 0 bridgehead atoms. The number of Topliss-reactive ketones (excluding diaryl/α,β-unsaturated/α-hetero) is 1. The van der Waals surface area contributed by atoms with Gasteiger partial charge in [-0.25, -0.2) is 4.79 Å². The monoisotopic (exact) mass is 244 g/mol. The van der Waals surface area contributed by atoms with E-state index in [0.717, 1.165) is 11.7 Å². The van der Waals surface area contributed by atoms with Crippen LogP contribution in [-0.2, 0) is 14.3 Å². The Bertz CT molecular complexity index is 321. The van der Waals surface area contributed by atoms with Gasteiger partial charge in [0.25, 0.3) is 5.78 Å². The zero-order valence-electron chi connectivity index (χ0n) is 8.39. The van der Waals surface area contributed by atoms with Gasteiger partial charge in [-0.05, 0) is 19.3 Å². The van der Waals surface area contributed by atoms with Crippen molar-refractivity contribution in [3.8, 4) is 0 Å². The number of hydrogen-bond donors (Lipinski definition) is 0. The van der Waals surface area contributed by atoms with Crippen LogP contribution in [0.3, 0.4) is 0 Å². The first-order chi connectivity index (χ1) is 7.20. The van der Waals surface area contributed by atoms with E-state index in [0.29, 0.717) is 9.49 Å². The van der Waals surface area contributed by atoms with Gasteiger partial charge in [0.15, 0.2) is 0 Å². The molecule has 0 N–H and O–H groups in total. The summed E-state index contributed by atoms with van der Waals surface area (Å²) in [7, 11) is 1.23. The van der Waals surface area contributed by atoms with E-state index in [2.05, 4.69) is 4.74 Å². The molecule has 0 aromatic carbocycles. The van der Waals surface area contributed by atoms with Crippen LogP contribution in [0.4, 0.5) is 0 Å². The van der Waals surface area contributed by atoms with Crippen molar-refractivity contribution < 1.29 is 14.3 Å². The van der Waals surface area contributed by atoms with Crippen LogP contribution in [0, 0.1) is 0 Å². The SMILES string of the molecule is COC(=O)C(=O)C1=CCC(SC2CC2)S1. The van der Waals surface area contributed by atoms with Crippen molar-refractivity contribution in [2.75, 3.05) is 7.11 Å². The number of esters is 1. The molecular formula is C10H12O3S2. The first kappa shape index (κ1) is 11.1. The minimum absolute atomic E-state index is 0.418. The molecular weight excluding hydrogens is 232 g/mol. The Morgan fingerprint density at radius 2 is 2.27 bits per heavy atom. The molecule has 1 atom stereocenters. The van der Waals surface area contributed by atoms with Crippen molar-refractivity contribution in [3.63, 3.8) is 0 Å². The first-order valence-electron chi connectivity index (χ1n) is 4.85. The maximum atomic E-state index is 11.5. The summed E-state index contributed by atoms with van der Waals surface area (Å²) in [5, 5.41) is 0.781. The van der Waals surface area contributed by atoms with E-state index in [1.54, 1.807) is 0 Å². The summed E-state index contributed by atoms with van der Waals surface area (Å²) in [6.07, 6.45) is 5.32. The molecule has 2 aliphatic rings. The van der Waals surface area contributed by atoms with Crippen LogP contribution in [0.15, 0.2) is 11.0 Å². The Morgan fingerprint density at radius 3 is 2.87 bits per heavy atom. The van der Waals surface area contributed by atoms with Crippen LogP contribution in [0.1, 0.15) is 19.3 Å². The maximum Gasteiger partial charge on any atom is 0.379 e. The maximum absolute atomic E-state index is 11.5. The van der Waals surface area contributed by atoms with E-state index in [9.17, 15) is 9.59 Å². The van der Waals surface area contributed by atoms with Crippen molar-refractivity contribution in [3.05, 3.63) is 11.0 Å². The predicted octanol–water partition coefficient (Wildman–Crippen LogP) is 1.97. The van der Waals surface area contributed by atoms with Crippen molar-refractivity contribution >= 4 is 35.3 Å². The van der Waals surface area contributed by atoms with Crippen LogP contribution in [0.25, 0.3) is 0 Å². The third-order valence-corrected chi connectivity index (χ3v) is 5.25. The highest BCUT2D eigenvalue weighted by molar-refractivity contribution is 8.19. The molecule has 1 heterocycles. The van der Waals surface area contributed by atoms with Gasteiger partial charge in [-0.15, -0.1) is 23.5 Å². The largest absolute Gasteiger partial charge is 0.463 e. The fraction of sp³-hybridized carbons (Fsp3) is 0.600. The highest BCUT2D eigenvalue weighted by Crippen LogP contribution is 2.47. The predicted molar refractivity (Wildman–Crippen MR) is 61.7 cm³/mol. The van der Waals surface area contributed by atoms with Crippen LogP contribution >= 0.6 is 23.5 Å². The summed E-state index contributed by atoms with van der Waals surface area (Å²) in [6, 6.07) is 0. The molecule has 1 aliphatic heterocycles. The Hall–Kier alpha value is -0.420. The lowest BCUT2D eigenvalue weighted by Gasteiger charge is -2.07. The number of carbonyl (C=O) groups is 2. The molecule has 82 valence electrons. The van der Waals surface area contributed by atoms with Crippen LogP contribution in [0.5, 0.6) is 0 Å². The smallest absolute Gasteiger partial charge is 0.379 e. The van der Waals surface area contributed by atoms with Crippen molar-refractivity contribution in [2.45, 2.75) is 29.1 Å². The Balaban J connectivity index is 1.84. The van der Waals surface area contributed by atoms with Gasteiger partial charge in [-0.2, -0.15) is 0 Å². The number of ether oxygens (including phenoxy) is 1. The van der Waals surface area contributed by atoms with E-state index < -0.39 is 11.8 Å². The summed E-state index contributed by atoms with van der Waals surface area (Å²) in [5.41, 5.74) is 0. The summed E-state index contributed by atoms with van der Waals surface area (Å²) in [4.78, 5) is 23.0. The van der Waals surface area contributed by atoms with Crippen LogP contribution in [0.2, 0.25) is 0 Å². The lowest BCUT2D eigenvalue weighted by molar-refractivity contribution is -0.149. The van der Waals surface area contributed by atoms with Gasteiger partial charge >= 0.3 is 5.97 Å². The van der Waals surface area contributed by atoms with Gasteiger partial charge in [-0.1, -0.05) is 6.08 Å². The molecule has 3 nitrogen and oxygen atoms in total.